The quantitative estimate of drug-likeness (QED) is 0.576. The number of hydrogen-bond donors (Lipinski definition) is 2. The summed E-state index contributed by atoms with van der Waals surface area (Å²) in [5.41, 5.74) is 6.11. The number of unbranched alkanes of at least 4 members (excludes halogenated alkanes) is 1. The van der Waals surface area contributed by atoms with Gasteiger partial charge in [0, 0.05) is 43.9 Å². The molecule has 0 saturated carbocycles. The molecule has 9 nitrogen and oxygen atoms in total. The number of aromatic amines is 1. The number of rotatable bonds is 9. The molecule has 0 radical (unpaired) electrons. The molecule has 0 aromatic carbocycles. The van der Waals surface area contributed by atoms with Gasteiger partial charge in [-0.3, -0.25) is 23.9 Å². The van der Waals surface area contributed by atoms with Crippen molar-refractivity contribution in [1.82, 2.24) is 14.5 Å². The Morgan fingerprint density at radius 3 is 2.73 bits per heavy atom. The van der Waals surface area contributed by atoms with Crippen LogP contribution in [0.4, 0.5) is 11.5 Å². The minimum atomic E-state index is -0.686. The third-order valence-electron chi connectivity index (χ3n) is 5.78. The summed E-state index contributed by atoms with van der Waals surface area (Å²) in [6.45, 7) is 7.67. The molecule has 10 heteroatoms. The fraction of sp³-hybridized carbons (Fsp3) is 0.565. The highest BCUT2D eigenvalue weighted by molar-refractivity contribution is 7.10. The zero-order valence-electron chi connectivity index (χ0n) is 19.6. The van der Waals surface area contributed by atoms with Gasteiger partial charge >= 0.3 is 5.69 Å². The van der Waals surface area contributed by atoms with Gasteiger partial charge in [0.2, 0.25) is 11.8 Å². The number of carbonyl (C=O) groups is 2. The van der Waals surface area contributed by atoms with E-state index in [0.29, 0.717) is 32.6 Å². The molecule has 2 amide bonds. The van der Waals surface area contributed by atoms with Crippen LogP contribution in [0.15, 0.2) is 21.0 Å². The van der Waals surface area contributed by atoms with Crippen molar-refractivity contribution in [3.05, 3.63) is 42.7 Å². The molecular formula is C23H33N5O4S. The molecular weight excluding hydrogens is 442 g/mol. The van der Waals surface area contributed by atoms with E-state index in [1.54, 1.807) is 16.2 Å². The molecule has 3 N–H and O–H groups in total. The highest BCUT2D eigenvalue weighted by atomic mass is 32.1. The van der Waals surface area contributed by atoms with Crippen molar-refractivity contribution in [2.24, 2.45) is 5.92 Å². The van der Waals surface area contributed by atoms with Gasteiger partial charge in [-0.2, -0.15) is 0 Å². The molecule has 2 aromatic rings. The number of carbonyl (C=O) groups excluding carboxylic acids is 2. The van der Waals surface area contributed by atoms with E-state index in [4.69, 9.17) is 5.73 Å². The number of nitrogens with two attached hydrogens (primary N) is 1. The number of nitrogen functional groups attached to an aromatic ring is 1. The van der Waals surface area contributed by atoms with Crippen LogP contribution < -0.4 is 21.9 Å². The van der Waals surface area contributed by atoms with Gasteiger partial charge in [0.05, 0.1) is 0 Å². The van der Waals surface area contributed by atoms with Crippen LogP contribution in [0.1, 0.15) is 56.9 Å². The van der Waals surface area contributed by atoms with Gasteiger partial charge in [-0.05, 0) is 35.8 Å². The number of anilines is 2. The second kappa shape index (κ2) is 10.8. The van der Waals surface area contributed by atoms with Crippen molar-refractivity contribution in [3.63, 3.8) is 0 Å². The molecule has 0 bridgehead atoms. The van der Waals surface area contributed by atoms with Crippen LogP contribution in [0, 0.1) is 5.92 Å². The first-order valence-electron chi connectivity index (χ1n) is 11.5. The fourth-order valence-electron chi connectivity index (χ4n) is 4.03. The molecule has 2 aromatic heterocycles. The molecule has 0 spiro atoms. The van der Waals surface area contributed by atoms with Crippen molar-refractivity contribution >= 4 is 34.7 Å². The lowest BCUT2D eigenvalue weighted by molar-refractivity contribution is -0.134. The zero-order valence-corrected chi connectivity index (χ0v) is 20.4. The Hall–Kier alpha value is -2.88. The first kappa shape index (κ1) is 24.8. The molecule has 1 aliphatic heterocycles. The average molecular weight is 476 g/mol. The number of nitrogens with one attached hydrogen (secondary N) is 1. The number of nitrogens with zero attached hydrogens (tertiary/aromatic N) is 3. The second-order valence-corrected chi connectivity index (χ2v) is 9.83. The van der Waals surface area contributed by atoms with Gasteiger partial charge in [-0.15, -0.1) is 11.3 Å². The Kier molecular flexibility index (Phi) is 8.12. The first-order valence-corrected chi connectivity index (χ1v) is 12.4. The van der Waals surface area contributed by atoms with Gasteiger partial charge in [-0.1, -0.05) is 27.2 Å². The van der Waals surface area contributed by atoms with Gasteiger partial charge in [0.25, 0.3) is 5.56 Å². The van der Waals surface area contributed by atoms with E-state index in [-0.39, 0.29) is 42.1 Å². The van der Waals surface area contributed by atoms with Crippen molar-refractivity contribution in [1.29, 1.82) is 0 Å². The summed E-state index contributed by atoms with van der Waals surface area (Å²) in [6.07, 6.45) is 2.33. The number of thiophene rings is 1. The molecule has 180 valence electrons. The predicted molar refractivity (Wildman–Crippen MR) is 131 cm³/mol. The summed E-state index contributed by atoms with van der Waals surface area (Å²) in [5, 5.41) is 2.04. The third kappa shape index (κ3) is 5.73. The number of H-pyrrole nitrogens is 1. The van der Waals surface area contributed by atoms with Crippen LogP contribution in [-0.2, 0) is 29.1 Å². The molecule has 1 aliphatic rings. The molecule has 0 aliphatic carbocycles. The van der Waals surface area contributed by atoms with Gasteiger partial charge in [0.1, 0.15) is 5.82 Å². The molecule has 3 rings (SSSR count). The zero-order chi connectivity index (χ0) is 24.1. The van der Waals surface area contributed by atoms with Crippen molar-refractivity contribution in [2.75, 3.05) is 23.7 Å². The topological polar surface area (TPSA) is 121 Å². The Balaban J connectivity index is 1.77. The number of amides is 2. The fourth-order valence-corrected chi connectivity index (χ4v) is 4.92. The van der Waals surface area contributed by atoms with Crippen LogP contribution >= 0.6 is 11.3 Å². The van der Waals surface area contributed by atoms with Crippen LogP contribution in [-0.4, -0.2) is 39.4 Å². The van der Waals surface area contributed by atoms with Crippen molar-refractivity contribution in [3.8, 4) is 0 Å². The predicted octanol–water partition coefficient (Wildman–Crippen LogP) is 2.33. The standard InChI is InChI=1S/C23H33N5O4S/c1-4-5-10-27(20-21(24)28(13-15(2)3)23(32)25-22(20)31)19(30)7-6-18(29)26-11-8-17-16(14-26)9-12-33-17/h9,12,15H,4-8,10-11,13-14,24H2,1-3H3,(H,25,31,32). The lowest BCUT2D eigenvalue weighted by atomic mass is 10.1. The van der Waals surface area contributed by atoms with Gasteiger partial charge in [-0.25, -0.2) is 4.79 Å². The first-order chi connectivity index (χ1) is 15.7. The second-order valence-electron chi connectivity index (χ2n) is 8.83. The van der Waals surface area contributed by atoms with Gasteiger partial charge < -0.3 is 15.5 Å². The molecule has 0 atom stereocenters. The molecule has 3 heterocycles. The Morgan fingerprint density at radius 2 is 2.03 bits per heavy atom. The largest absolute Gasteiger partial charge is 0.383 e. The van der Waals surface area contributed by atoms with Crippen LogP contribution in [0.2, 0.25) is 0 Å². The summed E-state index contributed by atoms with van der Waals surface area (Å²) >= 11 is 1.71. The van der Waals surface area contributed by atoms with E-state index >= 15 is 0 Å². The summed E-state index contributed by atoms with van der Waals surface area (Å²) in [7, 11) is 0. The van der Waals surface area contributed by atoms with E-state index in [1.165, 1.54) is 19.9 Å². The maximum atomic E-state index is 13.2. The van der Waals surface area contributed by atoms with Gasteiger partial charge in [0.15, 0.2) is 5.69 Å². The van der Waals surface area contributed by atoms with E-state index in [9.17, 15) is 19.2 Å². The lowest BCUT2D eigenvalue weighted by Crippen LogP contribution is -2.42. The molecule has 0 unspecified atom stereocenters. The highest BCUT2D eigenvalue weighted by Gasteiger charge is 2.26. The van der Waals surface area contributed by atoms with Crippen molar-refractivity contribution < 1.29 is 9.59 Å². The molecule has 33 heavy (non-hydrogen) atoms. The summed E-state index contributed by atoms with van der Waals surface area (Å²) in [4.78, 5) is 57.6. The summed E-state index contributed by atoms with van der Waals surface area (Å²) < 4.78 is 1.30. The maximum absolute atomic E-state index is 13.2. The minimum Gasteiger partial charge on any atom is -0.383 e. The van der Waals surface area contributed by atoms with Crippen LogP contribution in [0.5, 0.6) is 0 Å². The third-order valence-corrected chi connectivity index (χ3v) is 6.80. The average Bonchev–Trinajstić information content (AvgIpc) is 3.24. The van der Waals surface area contributed by atoms with Crippen LogP contribution in [0.25, 0.3) is 0 Å². The van der Waals surface area contributed by atoms with E-state index in [0.717, 1.165) is 12.8 Å². The number of aromatic nitrogens is 2. The highest BCUT2D eigenvalue weighted by Crippen LogP contribution is 2.25. The smallest absolute Gasteiger partial charge is 0.330 e. The number of fused-ring (bicyclic) bond motifs is 1. The summed E-state index contributed by atoms with van der Waals surface area (Å²) in [6, 6.07) is 2.04. The van der Waals surface area contributed by atoms with Crippen molar-refractivity contribution in [2.45, 2.75) is 66.0 Å². The van der Waals surface area contributed by atoms with E-state index < -0.39 is 11.2 Å². The monoisotopic (exact) mass is 475 g/mol. The molecule has 0 saturated heterocycles. The lowest BCUT2D eigenvalue weighted by Gasteiger charge is -2.28. The van der Waals surface area contributed by atoms with E-state index in [1.807, 2.05) is 32.2 Å². The molecule has 0 fully saturated rings. The minimum absolute atomic E-state index is 0.0120. The number of hydrogen-bond acceptors (Lipinski definition) is 6. The van der Waals surface area contributed by atoms with Crippen LogP contribution in [0.3, 0.4) is 0 Å². The maximum Gasteiger partial charge on any atom is 0.330 e. The normalized spacial score (nSPS) is 13.3. The Labute approximate surface area is 197 Å². The van der Waals surface area contributed by atoms with E-state index in [2.05, 4.69) is 4.98 Å². The Bertz CT molecular complexity index is 1120. The Morgan fingerprint density at radius 1 is 1.27 bits per heavy atom. The summed E-state index contributed by atoms with van der Waals surface area (Å²) in [5.74, 6) is -0.331. The SMILES string of the molecule is CCCCN(C(=O)CCC(=O)N1CCc2sccc2C1)c1c(N)n(CC(C)C)c(=O)[nH]c1=O.